The summed E-state index contributed by atoms with van der Waals surface area (Å²) in [4.78, 5) is 0. The molecular formula is C32H48NO3PPdS. The first-order valence-electron chi connectivity index (χ1n) is 14.8. The normalized spacial score (nSPS) is 19.1. The van der Waals surface area contributed by atoms with Crippen LogP contribution in [0, 0.1) is 6.07 Å². The molecule has 0 saturated heterocycles. The summed E-state index contributed by atoms with van der Waals surface area (Å²) in [7, 11) is -1.60. The van der Waals surface area contributed by atoms with Gasteiger partial charge in [-0.3, -0.25) is 0 Å². The Bertz CT molecular complexity index is 968. The van der Waals surface area contributed by atoms with Crippen LogP contribution < -0.4 is 5.32 Å². The zero-order valence-electron chi connectivity index (χ0n) is 23.9. The van der Waals surface area contributed by atoms with Gasteiger partial charge in [0.15, 0.2) is 0 Å². The third-order valence-electron chi connectivity index (χ3n) is 8.18. The molecule has 1 N–H and O–H groups in total. The largest absolute Gasteiger partial charge is 2.00 e. The maximum absolute atomic E-state index is 9.08. The molecule has 0 aliphatic heterocycles. The number of benzene rings is 2. The minimum atomic E-state index is -3.92. The topological polar surface area (TPSA) is 69.2 Å². The Balaban J connectivity index is 0.000000236. The molecule has 39 heavy (non-hydrogen) atoms. The van der Waals surface area contributed by atoms with Gasteiger partial charge < -0.3 is 9.87 Å². The number of anilines is 1. The second-order valence-corrected chi connectivity index (χ2v) is 15.6. The Kier molecular flexibility index (Phi) is 16.5. The van der Waals surface area contributed by atoms with Crippen LogP contribution in [0.1, 0.15) is 96.3 Å². The van der Waals surface area contributed by atoms with Gasteiger partial charge in [0.2, 0.25) is 0 Å². The number of rotatable bonds is 5. The van der Waals surface area contributed by atoms with Crippen LogP contribution in [0.4, 0.5) is 5.69 Å². The van der Waals surface area contributed by atoms with E-state index in [2.05, 4.69) is 29.6 Å². The Labute approximate surface area is 253 Å². The van der Waals surface area contributed by atoms with Crippen LogP contribution in [0.2, 0.25) is 0 Å². The van der Waals surface area contributed by atoms with Crippen molar-refractivity contribution in [1.29, 1.82) is 0 Å². The molecule has 3 aliphatic carbocycles. The molecule has 2 aromatic rings. The van der Waals surface area contributed by atoms with Gasteiger partial charge in [-0.25, -0.2) is 8.42 Å². The van der Waals surface area contributed by atoms with Crippen molar-refractivity contribution in [3.63, 3.8) is 0 Å². The average molecular weight is 664 g/mol. The third-order valence-corrected chi connectivity index (χ3v) is 12.3. The van der Waals surface area contributed by atoms with E-state index in [1.165, 1.54) is 41.8 Å². The minimum Gasteiger partial charge on any atom is -0.748 e. The van der Waals surface area contributed by atoms with Crippen LogP contribution in [0.3, 0.4) is 0 Å². The molecule has 0 aromatic heterocycles. The molecule has 0 bridgehead atoms. The van der Waals surface area contributed by atoms with Crippen molar-refractivity contribution < 1.29 is 33.4 Å². The average Bonchev–Trinajstić information content (AvgIpc) is 2.95. The van der Waals surface area contributed by atoms with E-state index in [-0.39, 0.29) is 20.4 Å². The number of para-hydroxylation sites is 1. The molecule has 0 heterocycles. The molecule has 2 aromatic carbocycles. The summed E-state index contributed by atoms with van der Waals surface area (Å²) in [5, 5.41) is 3.17. The summed E-state index contributed by atoms with van der Waals surface area (Å²) >= 11 is 0. The molecule has 3 saturated carbocycles. The van der Waals surface area contributed by atoms with E-state index in [4.69, 9.17) is 13.0 Å². The molecule has 220 valence electrons. The maximum Gasteiger partial charge on any atom is 2.00 e. The summed E-state index contributed by atoms with van der Waals surface area (Å²) in [6, 6.07) is 19.4. The van der Waals surface area contributed by atoms with Gasteiger partial charge in [0.1, 0.15) is 0 Å². The fourth-order valence-electron chi connectivity index (χ4n) is 6.53. The van der Waals surface area contributed by atoms with Crippen molar-refractivity contribution in [1.82, 2.24) is 0 Å². The van der Waals surface area contributed by atoms with Crippen LogP contribution in [-0.2, 0) is 30.5 Å². The van der Waals surface area contributed by atoms with Gasteiger partial charge in [0.25, 0.3) is 0 Å². The molecule has 0 radical (unpaired) electrons. The van der Waals surface area contributed by atoms with Crippen molar-refractivity contribution >= 4 is 23.7 Å². The second kappa shape index (κ2) is 18.6. The summed E-state index contributed by atoms with van der Waals surface area (Å²) in [5.74, 6) is 0. The molecule has 7 heteroatoms. The summed E-state index contributed by atoms with van der Waals surface area (Å²) in [5.41, 5.74) is 7.02. The van der Waals surface area contributed by atoms with Crippen LogP contribution >= 0.6 is 7.92 Å². The number of hydrogen-bond donors (Lipinski definition) is 1. The Morgan fingerprint density at radius 3 is 1.54 bits per heavy atom. The third kappa shape index (κ3) is 12.7. The van der Waals surface area contributed by atoms with Crippen molar-refractivity contribution in [3.05, 3.63) is 54.6 Å². The Hall–Kier alpha value is -0.758. The number of nitrogens with one attached hydrogen (secondary N) is 1. The standard InChI is InChI=1S/C18H33P.C13H12N.CH4O3S.Pd/c1-4-10-16(11-5-1)19(17-12-6-2-7-13-17)18-14-8-3-9-15-18;1-14-13-10-6-5-9-12(13)11-7-3-2-4-8-11;1-5(2,3)4;/h16-18H,1-15H2;2-7,9-10,14H,1H3;1H3,(H,2,3,4);/q;-1;;+2/p-1. The van der Waals surface area contributed by atoms with Gasteiger partial charge in [-0.05, 0) is 67.3 Å². The molecule has 3 aliphatic rings. The van der Waals surface area contributed by atoms with Crippen LogP contribution in [0.25, 0.3) is 11.1 Å². The molecule has 0 amide bonds. The first-order chi connectivity index (χ1) is 18.4. The molecule has 3 fully saturated rings. The van der Waals surface area contributed by atoms with Crippen LogP contribution in [0.15, 0.2) is 48.5 Å². The van der Waals surface area contributed by atoms with Gasteiger partial charge >= 0.3 is 20.4 Å². The Morgan fingerprint density at radius 1 is 0.744 bits per heavy atom. The van der Waals surface area contributed by atoms with E-state index in [1.807, 2.05) is 37.4 Å². The van der Waals surface area contributed by atoms with Gasteiger partial charge in [-0.15, -0.1) is 35.9 Å². The predicted molar refractivity (Wildman–Crippen MR) is 163 cm³/mol. The summed E-state index contributed by atoms with van der Waals surface area (Å²) in [6.45, 7) is 0. The quantitative estimate of drug-likeness (QED) is 0.150. The van der Waals surface area contributed by atoms with Crippen LogP contribution in [-0.4, -0.2) is 43.3 Å². The van der Waals surface area contributed by atoms with E-state index in [0.29, 0.717) is 14.2 Å². The maximum atomic E-state index is 9.08. The first kappa shape index (κ1) is 34.4. The smallest absolute Gasteiger partial charge is 0.748 e. The molecule has 0 unspecified atom stereocenters. The van der Waals surface area contributed by atoms with E-state index in [0.717, 1.165) is 11.3 Å². The van der Waals surface area contributed by atoms with Gasteiger partial charge in [-0.2, -0.15) is 0 Å². The van der Waals surface area contributed by atoms with Crippen molar-refractivity contribution in [2.75, 3.05) is 18.6 Å². The zero-order chi connectivity index (χ0) is 27.2. The monoisotopic (exact) mass is 663 g/mol. The predicted octanol–water partition coefficient (Wildman–Crippen LogP) is 8.82. The zero-order valence-corrected chi connectivity index (χ0v) is 27.1. The fraction of sp³-hybridized carbons (Fsp3) is 0.625. The van der Waals surface area contributed by atoms with Gasteiger partial charge in [0, 0.05) is 13.3 Å². The second-order valence-electron chi connectivity index (χ2n) is 11.1. The van der Waals surface area contributed by atoms with Crippen LogP contribution in [0.5, 0.6) is 0 Å². The minimum absolute atomic E-state index is 0. The van der Waals surface area contributed by atoms with Crippen molar-refractivity contribution in [2.45, 2.75) is 113 Å². The van der Waals surface area contributed by atoms with E-state index >= 15 is 0 Å². The summed E-state index contributed by atoms with van der Waals surface area (Å²) in [6.07, 6.45) is 24.2. The van der Waals surface area contributed by atoms with Gasteiger partial charge in [-0.1, -0.05) is 89.5 Å². The first-order valence-corrected chi connectivity index (χ1v) is 18.2. The van der Waals surface area contributed by atoms with Crippen molar-refractivity contribution in [2.24, 2.45) is 0 Å². The van der Waals surface area contributed by atoms with E-state index < -0.39 is 10.1 Å². The molecule has 0 atom stereocenters. The van der Waals surface area contributed by atoms with E-state index in [9.17, 15) is 0 Å². The van der Waals surface area contributed by atoms with E-state index in [1.54, 1.807) is 77.0 Å². The molecule has 0 spiro atoms. The molecule has 5 rings (SSSR count). The Morgan fingerprint density at radius 2 is 1.15 bits per heavy atom. The van der Waals surface area contributed by atoms with Gasteiger partial charge in [0.05, 0.1) is 10.1 Å². The number of hydrogen-bond acceptors (Lipinski definition) is 4. The summed E-state index contributed by atoms with van der Waals surface area (Å²) < 4.78 is 27.2. The molecule has 4 nitrogen and oxygen atoms in total. The van der Waals surface area contributed by atoms with Crippen molar-refractivity contribution in [3.8, 4) is 11.1 Å². The molecular weight excluding hydrogens is 616 g/mol. The fourth-order valence-corrected chi connectivity index (χ4v) is 11.2. The SMILES string of the molecule is C1CCC(P(C2CCCCC2)C2CCCCC2)CC1.CNc1ccccc1-c1[c-]cccc1.CS(=O)(=O)[O-].[Pd+2].